The van der Waals surface area contributed by atoms with Gasteiger partial charge in [0.05, 0.1) is 0 Å². The Labute approximate surface area is 387 Å². The first-order valence-corrected chi connectivity index (χ1v) is 21.7. The molecule has 8 N–H and O–H groups in total. The van der Waals surface area contributed by atoms with Gasteiger partial charge in [0.2, 0.25) is 5.91 Å². The molecule has 4 aromatic carbocycles. The second-order valence-corrected chi connectivity index (χ2v) is 16.5. The van der Waals surface area contributed by atoms with E-state index in [1.54, 1.807) is 53.4 Å². The minimum absolute atomic E-state index is 0. The predicted octanol–water partition coefficient (Wildman–Crippen LogP) is 7.88. The molecule has 2 aliphatic heterocycles. The number of carbonyl (C=O) groups excluding carboxylic acids is 3. The van der Waals surface area contributed by atoms with Crippen LogP contribution in [0.15, 0.2) is 109 Å². The number of hydrogen-bond donors (Lipinski definition) is 7. The highest BCUT2D eigenvalue weighted by molar-refractivity contribution is 6.31. The second-order valence-electron chi connectivity index (χ2n) is 15.7. The molecule has 2 fully saturated rings. The van der Waals surface area contributed by atoms with Crippen molar-refractivity contribution in [3.63, 3.8) is 0 Å². The molecule has 2 aliphatic rings. The average Bonchev–Trinajstić information content (AvgIpc) is 4.04. The number of tetrazole rings is 2. The quantitative estimate of drug-likeness (QED) is 0.0654. The number of carboxylic acid groups (broad SMARTS) is 1. The molecule has 0 spiro atoms. The third kappa shape index (κ3) is 13.9. The van der Waals surface area contributed by atoms with E-state index in [9.17, 15) is 24.3 Å². The molecule has 0 aliphatic carbocycles. The first-order valence-electron chi connectivity index (χ1n) is 20.9. The summed E-state index contributed by atoms with van der Waals surface area (Å²) in [6, 6.07) is 33.7. The number of urea groups is 2. The zero-order valence-electron chi connectivity index (χ0n) is 35.4. The number of nitrogens with zero attached hydrogens (tertiary/aromatic N) is 8. The average molecular weight is 930 g/mol. The van der Waals surface area contributed by atoms with Gasteiger partial charge in [0, 0.05) is 74.1 Å². The number of aromatic nitrogens is 8. The summed E-state index contributed by atoms with van der Waals surface area (Å²) in [6.07, 6.45) is 4.89. The van der Waals surface area contributed by atoms with Gasteiger partial charge in [0.15, 0.2) is 0 Å². The first kappa shape index (κ1) is 47.4. The van der Waals surface area contributed by atoms with Crippen LogP contribution in [0.3, 0.4) is 0 Å². The molecule has 344 valence electrons. The highest BCUT2D eigenvalue weighted by atomic mass is 35.5. The molecule has 2 aromatic heterocycles. The molecule has 19 nitrogen and oxygen atoms in total. The fourth-order valence-corrected chi connectivity index (χ4v) is 8.36. The normalized spacial score (nSPS) is 17.9. The maximum Gasteiger partial charge on any atom is 0.321 e. The van der Waals surface area contributed by atoms with Crippen LogP contribution in [0.1, 0.15) is 65.3 Å². The molecule has 65 heavy (non-hydrogen) atoms. The van der Waals surface area contributed by atoms with Crippen LogP contribution in [0.25, 0.3) is 0 Å². The largest absolute Gasteiger partial charge is 0.481 e. The Balaban J connectivity index is 0.000000255. The highest BCUT2D eigenvalue weighted by Gasteiger charge is 2.40. The third-order valence-electron chi connectivity index (χ3n) is 11.3. The Morgan fingerprint density at radius 1 is 0.646 bits per heavy atom. The summed E-state index contributed by atoms with van der Waals surface area (Å²) < 4.78 is 0. The number of carbonyl (C=O) groups is 4. The van der Waals surface area contributed by atoms with Crippen LogP contribution in [-0.2, 0) is 20.4 Å². The standard InChI is InChI=1S/C22H24ClN7O2.C21H23ClN2O3.CH3N5.2H2/c23-17-7-9-18(10-8-17)24-21(32)30-14-4-12-22(15-30,16-5-2-1-3-6-16)13-11-19(31)25-20-26-28-29-27-20;22-17-7-9-18(10-8-17)23-20(27)24-14-4-12-21(15-24,13-11-19(25)26)16-5-2-1-3-6-16;2-1-3-5-6-4-1;;/h1-3,5-10H,4,11-15H2,(H,24,32)(H2,25,26,27,28,29,31);1-3,5-10H,4,11-15H2,(H,23,27)(H,25,26);(H3,2,3,4,5,6);2*1H. The Hall–Kier alpha value is -7.12. The molecule has 4 heterocycles. The van der Waals surface area contributed by atoms with Gasteiger partial charge in [0.25, 0.3) is 11.9 Å². The molecule has 2 unspecified atom stereocenters. The van der Waals surface area contributed by atoms with Gasteiger partial charge in [0.1, 0.15) is 0 Å². The van der Waals surface area contributed by atoms with Crippen LogP contribution < -0.4 is 21.7 Å². The van der Waals surface area contributed by atoms with Crippen molar-refractivity contribution in [3.05, 3.63) is 130 Å². The smallest absolute Gasteiger partial charge is 0.321 e. The molecule has 0 radical (unpaired) electrons. The van der Waals surface area contributed by atoms with Gasteiger partial charge in [-0.1, -0.05) is 94.1 Å². The monoisotopic (exact) mass is 928 g/mol. The number of aromatic amines is 2. The highest BCUT2D eigenvalue weighted by Crippen LogP contribution is 2.40. The maximum absolute atomic E-state index is 13.0. The van der Waals surface area contributed by atoms with Crippen LogP contribution in [0.4, 0.5) is 32.9 Å². The lowest BCUT2D eigenvalue weighted by atomic mass is 9.71. The van der Waals surface area contributed by atoms with E-state index in [4.69, 9.17) is 28.9 Å². The molecular weight excluding hydrogens is 875 g/mol. The fourth-order valence-electron chi connectivity index (χ4n) is 8.10. The number of rotatable bonds is 11. The SMILES string of the molecule is Nc1nn[nH]n1.O=C(CCC1(c2ccccc2)CCCN(C(=O)Nc2ccc(Cl)cc2)C1)Nc1nn[nH]n1.O=C(O)CCC1(c2ccccc2)CCCN(C(=O)Nc2ccc(Cl)cc2)C1.[HH].[HH]. The van der Waals surface area contributed by atoms with Crippen molar-refractivity contribution in [2.75, 3.05) is 47.9 Å². The van der Waals surface area contributed by atoms with E-state index in [0.29, 0.717) is 60.4 Å². The second kappa shape index (κ2) is 23.0. The van der Waals surface area contributed by atoms with E-state index in [1.807, 2.05) is 53.4 Å². The molecule has 2 atom stereocenters. The zero-order chi connectivity index (χ0) is 46.1. The Kier molecular flexibility index (Phi) is 16.8. The van der Waals surface area contributed by atoms with Crippen molar-refractivity contribution in [1.29, 1.82) is 0 Å². The number of anilines is 4. The Morgan fingerprint density at radius 3 is 1.51 bits per heavy atom. The van der Waals surface area contributed by atoms with E-state index in [0.717, 1.165) is 36.8 Å². The predicted molar refractivity (Wildman–Crippen MR) is 251 cm³/mol. The number of nitrogens with two attached hydrogens (primary N) is 1. The summed E-state index contributed by atoms with van der Waals surface area (Å²) in [7, 11) is 0. The van der Waals surface area contributed by atoms with Gasteiger partial charge in [-0.2, -0.15) is 10.4 Å². The zero-order valence-corrected chi connectivity index (χ0v) is 36.9. The lowest BCUT2D eigenvalue weighted by Crippen LogP contribution is -2.50. The lowest BCUT2D eigenvalue weighted by molar-refractivity contribution is -0.137. The summed E-state index contributed by atoms with van der Waals surface area (Å²) in [6.45, 7) is 2.33. The third-order valence-corrected chi connectivity index (χ3v) is 11.8. The summed E-state index contributed by atoms with van der Waals surface area (Å²) >= 11 is 11.8. The van der Waals surface area contributed by atoms with Gasteiger partial charge in [-0.15, -0.1) is 10.2 Å². The lowest BCUT2D eigenvalue weighted by Gasteiger charge is -2.43. The number of H-pyrrole nitrogens is 2. The van der Waals surface area contributed by atoms with Crippen LogP contribution in [0, 0.1) is 0 Å². The molecule has 2 saturated heterocycles. The number of hydrogen-bond acceptors (Lipinski definition) is 11. The summed E-state index contributed by atoms with van der Waals surface area (Å²) in [5.74, 6) is -0.677. The summed E-state index contributed by atoms with van der Waals surface area (Å²) in [4.78, 5) is 53.0. The summed E-state index contributed by atoms with van der Waals surface area (Å²) in [5.41, 5.74) is 7.89. The number of aliphatic carboxylic acids is 1. The van der Waals surface area contributed by atoms with Crippen LogP contribution >= 0.6 is 23.2 Å². The van der Waals surface area contributed by atoms with Crippen molar-refractivity contribution in [3.8, 4) is 0 Å². The number of piperidine rings is 2. The van der Waals surface area contributed by atoms with E-state index in [2.05, 4.69) is 69.3 Å². The van der Waals surface area contributed by atoms with Gasteiger partial charge < -0.3 is 31.3 Å². The number of carboxylic acids is 1. The molecule has 8 rings (SSSR count). The van der Waals surface area contributed by atoms with Gasteiger partial charge in [-0.05, 0) is 109 Å². The van der Waals surface area contributed by atoms with E-state index in [-0.39, 0.29) is 56.4 Å². The number of benzene rings is 4. The topological polar surface area (TPSA) is 266 Å². The maximum atomic E-state index is 13.0. The van der Waals surface area contributed by atoms with E-state index >= 15 is 0 Å². The van der Waals surface area contributed by atoms with Gasteiger partial charge in [-0.25, -0.2) is 9.59 Å². The molecule has 0 saturated carbocycles. The number of amides is 5. The van der Waals surface area contributed by atoms with Crippen LogP contribution in [-0.4, -0.2) is 106 Å². The first-order chi connectivity index (χ1) is 31.4. The summed E-state index contributed by atoms with van der Waals surface area (Å²) in [5, 5.41) is 44.2. The molecule has 5 amide bonds. The van der Waals surface area contributed by atoms with Crippen molar-refractivity contribution >= 4 is 70.4 Å². The number of likely N-dealkylation sites (tertiary alicyclic amines) is 2. The van der Waals surface area contributed by atoms with Crippen molar-refractivity contribution in [2.24, 2.45) is 0 Å². The minimum atomic E-state index is -0.812. The minimum Gasteiger partial charge on any atom is -0.481 e. The number of nitrogen functional groups attached to an aromatic ring is 1. The van der Waals surface area contributed by atoms with Crippen molar-refractivity contribution in [1.82, 2.24) is 51.0 Å². The van der Waals surface area contributed by atoms with E-state index in [1.165, 1.54) is 0 Å². The number of halogens is 2. The number of nitrogens with one attached hydrogen (secondary N) is 5. The van der Waals surface area contributed by atoms with Crippen molar-refractivity contribution in [2.45, 2.75) is 62.2 Å². The molecule has 0 bridgehead atoms. The molecule has 6 aromatic rings. The van der Waals surface area contributed by atoms with Gasteiger partial charge >= 0.3 is 18.0 Å². The Bertz CT molecular complexity index is 2430. The van der Waals surface area contributed by atoms with Gasteiger partial charge in [-0.3, -0.25) is 14.9 Å². The Morgan fingerprint density at radius 2 is 1.11 bits per heavy atom. The molecular formula is C44H54Cl2N14O5. The van der Waals surface area contributed by atoms with Crippen molar-refractivity contribution < 1.29 is 27.1 Å². The van der Waals surface area contributed by atoms with Crippen LogP contribution in [0.2, 0.25) is 10.0 Å². The van der Waals surface area contributed by atoms with E-state index < -0.39 is 5.97 Å². The van der Waals surface area contributed by atoms with Crippen LogP contribution in [0.5, 0.6) is 0 Å². The molecule has 21 heteroatoms. The fraction of sp³-hybridized carbons (Fsp3) is 0.318.